The SMILES string of the molecule is Cc1ccccc1NC1(c2nnnn2-c2cccc(C)c2C)CCCCC1. The van der Waals surface area contributed by atoms with Crippen LogP contribution in [0.25, 0.3) is 5.69 Å². The number of rotatable bonds is 4. The molecule has 1 aromatic heterocycles. The number of nitrogens with zero attached hydrogens (tertiary/aromatic N) is 4. The number of hydrogen-bond donors (Lipinski definition) is 1. The van der Waals surface area contributed by atoms with E-state index in [2.05, 4.69) is 84.1 Å². The third kappa shape index (κ3) is 3.22. The molecule has 27 heavy (non-hydrogen) atoms. The maximum Gasteiger partial charge on any atom is 0.181 e. The first-order valence-corrected chi connectivity index (χ1v) is 9.80. The van der Waals surface area contributed by atoms with Crippen LogP contribution in [0.5, 0.6) is 0 Å². The first-order chi connectivity index (χ1) is 13.1. The van der Waals surface area contributed by atoms with Crippen LogP contribution in [0.1, 0.15) is 54.6 Å². The predicted molar refractivity (Wildman–Crippen MR) is 108 cm³/mol. The van der Waals surface area contributed by atoms with Crippen molar-refractivity contribution in [3.8, 4) is 5.69 Å². The lowest BCUT2D eigenvalue weighted by Gasteiger charge is -2.38. The van der Waals surface area contributed by atoms with Gasteiger partial charge in [-0.25, -0.2) is 0 Å². The second-order valence-corrected chi connectivity index (χ2v) is 7.72. The smallest absolute Gasteiger partial charge is 0.181 e. The van der Waals surface area contributed by atoms with Gasteiger partial charge in [-0.3, -0.25) is 0 Å². The van der Waals surface area contributed by atoms with Crippen molar-refractivity contribution < 1.29 is 0 Å². The average Bonchev–Trinajstić information content (AvgIpc) is 3.17. The normalized spacial score (nSPS) is 16.3. The van der Waals surface area contributed by atoms with Gasteiger partial charge in [-0.1, -0.05) is 49.6 Å². The van der Waals surface area contributed by atoms with E-state index in [9.17, 15) is 0 Å². The van der Waals surface area contributed by atoms with Crippen molar-refractivity contribution in [2.24, 2.45) is 0 Å². The molecule has 1 aliphatic rings. The Morgan fingerprint density at radius 1 is 0.889 bits per heavy atom. The fraction of sp³-hybridized carbons (Fsp3) is 0.409. The molecule has 1 aliphatic carbocycles. The Hall–Kier alpha value is -2.69. The molecule has 0 amide bonds. The Morgan fingerprint density at radius 3 is 2.41 bits per heavy atom. The number of tetrazole rings is 1. The third-order valence-corrected chi connectivity index (χ3v) is 5.93. The van der Waals surface area contributed by atoms with E-state index in [1.54, 1.807) is 0 Å². The lowest BCUT2D eigenvalue weighted by Crippen LogP contribution is -2.40. The van der Waals surface area contributed by atoms with Gasteiger partial charge < -0.3 is 5.32 Å². The van der Waals surface area contributed by atoms with E-state index in [1.165, 1.54) is 36.0 Å². The molecule has 0 radical (unpaired) electrons. The number of aryl methyl sites for hydroxylation is 2. The Bertz CT molecular complexity index is 937. The molecule has 0 aliphatic heterocycles. The zero-order chi connectivity index (χ0) is 18.9. The molecule has 5 heteroatoms. The van der Waals surface area contributed by atoms with Crippen LogP contribution in [0.3, 0.4) is 0 Å². The molecule has 0 spiro atoms. The van der Waals surface area contributed by atoms with Crippen molar-refractivity contribution in [2.75, 3.05) is 5.32 Å². The van der Waals surface area contributed by atoms with Crippen LogP contribution in [0.4, 0.5) is 5.69 Å². The van der Waals surface area contributed by atoms with Crippen LogP contribution in [0.2, 0.25) is 0 Å². The van der Waals surface area contributed by atoms with Gasteiger partial charge in [0.25, 0.3) is 0 Å². The van der Waals surface area contributed by atoms with Crippen molar-refractivity contribution in [1.82, 2.24) is 20.2 Å². The van der Waals surface area contributed by atoms with Gasteiger partial charge in [0.05, 0.1) is 11.2 Å². The summed E-state index contributed by atoms with van der Waals surface area (Å²) in [5, 5.41) is 16.8. The molecule has 1 heterocycles. The lowest BCUT2D eigenvalue weighted by molar-refractivity contribution is 0.309. The molecular formula is C22H27N5. The zero-order valence-electron chi connectivity index (χ0n) is 16.4. The second-order valence-electron chi connectivity index (χ2n) is 7.72. The highest BCUT2D eigenvalue weighted by Crippen LogP contribution is 2.40. The maximum absolute atomic E-state index is 4.52. The van der Waals surface area contributed by atoms with Gasteiger partial charge in [-0.2, -0.15) is 4.68 Å². The highest BCUT2D eigenvalue weighted by atomic mass is 15.6. The molecule has 1 saturated carbocycles. The summed E-state index contributed by atoms with van der Waals surface area (Å²) < 4.78 is 1.94. The minimum Gasteiger partial charge on any atom is -0.372 e. The predicted octanol–water partition coefficient (Wildman–Crippen LogP) is 4.86. The largest absolute Gasteiger partial charge is 0.372 e. The van der Waals surface area contributed by atoms with Crippen molar-refractivity contribution in [3.63, 3.8) is 0 Å². The first kappa shape index (κ1) is 17.7. The number of nitrogens with one attached hydrogen (secondary N) is 1. The van der Waals surface area contributed by atoms with Gasteiger partial charge in [0, 0.05) is 5.69 Å². The molecule has 1 N–H and O–H groups in total. The third-order valence-electron chi connectivity index (χ3n) is 5.93. The van der Waals surface area contributed by atoms with E-state index < -0.39 is 0 Å². The van der Waals surface area contributed by atoms with Crippen LogP contribution in [0.15, 0.2) is 42.5 Å². The van der Waals surface area contributed by atoms with Crippen LogP contribution >= 0.6 is 0 Å². The molecule has 1 fully saturated rings. The maximum atomic E-state index is 4.52. The Kier molecular flexibility index (Phi) is 4.68. The summed E-state index contributed by atoms with van der Waals surface area (Å²) in [6, 6.07) is 14.8. The molecule has 5 nitrogen and oxygen atoms in total. The minimum atomic E-state index is -0.246. The number of hydrogen-bond acceptors (Lipinski definition) is 4. The summed E-state index contributed by atoms with van der Waals surface area (Å²) in [5.41, 5.74) is 5.69. The number of anilines is 1. The standard InChI is InChI=1S/C22H27N5/c1-16-11-9-13-20(18(16)3)27-21(24-25-26-27)22(14-7-4-8-15-22)23-19-12-6-5-10-17(19)2/h5-6,9-13,23H,4,7-8,14-15H2,1-3H3. The minimum absolute atomic E-state index is 0.246. The van der Waals surface area contributed by atoms with Crippen LogP contribution < -0.4 is 5.32 Å². The molecule has 4 rings (SSSR count). The second kappa shape index (κ2) is 7.14. The number of aromatic nitrogens is 4. The monoisotopic (exact) mass is 361 g/mol. The summed E-state index contributed by atoms with van der Waals surface area (Å²) >= 11 is 0. The summed E-state index contributed by atoms with van der Waals surface area (Å²) in [6.07, 6.45) is 5.69. The van der Waals surface area contributed by atoms with E-state index in [-0.39, 0.29) is 5.54 Å². The van der Waals surface area contributed by atoms with Crippen LogP contribution in [0, 0.1) is 20.8 Å². The molecule has 140 valence electrons. The first-order valence-electron chi connectivity index (χ1n) is 9.80. The summed E-state index contributed by atoms with van der Waals surface area (Å²) in [4.78, 5) is 0. The van der Waals surface area contributed by atoms with E-state index in [0.717, 1.165) is 30.0 Å². The van der Waals surface area contributed by atoms with Gasteiger partial charge in [-0.05, 0) is 72.9 Å². The van der Waals surface area contributed by atoms with Gasteiger partial charge in [-0.15, -0.1) is 5.10 Å². The van der Waals surface area contributed by atoms with E-state index in [4.69, 9.17) is 0 Å². The van der Waals surface area contributed by atoms with Gasteiger partial charge >= 0.3 is 0 Å². The zero-order valence-corrected chi connectivity index (χ0v) is 16.4. The fourth-order valence-electron chi connectivity index (χ4n) is 4.14. The van der Waals surface area contributed by atoms with E-state index in [0.29, 0.717) is 0 Å². The molecule has 2 aromatic carbocycles. The molecule has 3 aromatic rings. The average molecular weight is 361 g/mol. The Morgan fingerprint density at radius 2 is 1.63 bits per heavy atom. The van der Waals surface area contributed by atoms with Gasteiger partial charge in [0.15, 0.2) is 5.82 Å². The van der Waals surface area contributed by atoms with Crippen molar-refractivity contribution >= 4 is 5.69 Å². The number of para-hydroxylation sites is 1. The summed E-state index contributed by atoms with van der Waals surface area (Å²) in [5.74, 6) is 0.916. The summed E-state index contributed by atoms with van der Waals surface area (Å²) in [6.45, 7) is 6.41. The van der Waals surface area contributed by atoms with Gasteiger partial charge in [0.1, 0.15) is 0 Å². The molecule has 0 unspecified atom stereocenters. The van der Waals surface area contributed by atoms with Crippen molar-refractivity contribution in [1.29, 1.82) is 0 Å². The Balaban J connectivity index is 1.82. The van der Waals surface area contributed by atoms with Crippen LogP contribution in [-0.4, -0.2) is 20.2 Å². The van der Waals surface area contributed by atoms with Crippen molar-refractivity contribution in [2.45, 2.75) is 58.4 Å². The number of benzene rings is 2. The topological polar surface area (TPSA) is 55.6 Å². The molecule has 0 bridgehead atoms. The highest BCUT2D eigenvalue weighted by molar-refractivity contribution is 5.53. The Labute approximate surface area is 160 Å². The fourth-order valence-corrected chi connectivity index (χ4v) is 4.14. The lowest BCUT2D eigenvalue weighted by atomic mass is 9.80. The molecule has 0 saturated heterocycles. The van der Waals surface area contributed by atoms with Crippen molar-refractivity contribution in [3.05, 3.63) is 65.0 Å². The quantitative estimate of drug-likeness (QED) is 0.721. The molecule has 0 atom stereocenters. The van der Waals surface area contributed by atoms with Crippen LogP contribution in [-0.2, 0) is 5.54 Å². The summed E-state index contributed by atoms with van der Waals surface area (Å²) in [7, 11) is 0. The van der Waals surface area contributed by atoms with Gasteiger partial charge in [0.2, 0.25) is 0 Å². The highest BCUT2D eigenvalue weighted by Gasteiger charge is 2.39. The molecular weight excluding hydrogens is 334 g/mol. The van der Waals surface area contributed by atoms with E-state index in [1.807, 2.05) is 4.68 Å². The van der Waals surface area contributed by atoms with E-state index >= 15 is 0 Å².